The van der Waals surface area contributed by atoms with Gasteiger partial charge in [-0.25, -0.2) is 0 Å². The van der Waals surface area contributed by atoms with Gasteiger partial charge in [-0.1, -0.05) is 23.7 Å². The molecule has 0 bridgehead atoms. The molecule has 0 aliphatic heterocycles. The molecule has 1 fully saturated rings. The second-order valence-corrected chi connectivity index (χ2v) is 3.59. The van der Waals surface area contributed by atoms with Crippen LogP contribution in [-0.2, 0) is 0 Å². The van der Waals surface area contributed by atoms with E-state index >= 15 is 0 Å². The summed E-state index contributed by atoms with van der Waals surface area (Å²) < 4.78 is 0. The lowest BCUT2D eigenvalue weighted by Crippen LogP contribution is -1.78. The van der Waals surface area contributed by atoms with Crippen LogP contribution in [0.2, 0.25) is 5.02 Å². The zero-order chi connectivity index (χ0) is 7.84. The van der Waals surface area contributed by atoms with Gasteiger partial charge in [0.1, 0.15) is 0 Å². The van der Waals surface area contributed by atoms with Crippen LogP contribution in [-0.4, -0.2) is 0 Å². The van der Waals surface area contributed by atoms with Crippen molar-refractivity contribution in [1.82, 2.24) is 0 Å². The summed E-state index contributed by atoms with van der Waals surface area (Å²) in [5.74, 6) is 1.34. The molecule has 2 atom stereocenters. The van der Waals surface area contributed by atoms with Crippen LogP contribution in [0.25, 0.3) is 0 Å². The molecule has 2 unspecified atom stereocenters. The van der Waals surface area contributed by atoms with Crippen LogP contribution in [0, 0.1) is 12.8 Å². The molecule has 0 nitrogen and oxygen atoms in total. The summed E-state index contributed by atoms with van der Waals surface area (Å²) in [7, 11) is 0. The molecule has 1 saturated carbocycles. The standard InChI is InChI=1S/C10H10Cl/c1-7-6-10(7)8-2-4-9(11)5-3-8/h2-5,7,10H,1,6H2. The summed E-state index contributed by atoms with van der Waals surface area (Å²) in [4.78, 5) is 0. The third-order valence-corrected chi connectivity index (χ3v) is 2.47. The van der Waals surface area contributed by atoms with E-state index in [1.54, 1.807) is 0 Å². The predicted octanol–water partition coefficient (Wildman–Crippen LogP) is 3.28. The smallest absolute Gasteiger partial charge is 0.0406 e. The summed E-state index contributed by atoms with van der Waals surface area (Å²) in [5, 5.41) is 0.815. The van der Waals surface area contributed by atoms with Gasteiger partial charge >= 0.3 is 0 Å². The van der Waals surface area contributed by atoms with Crippen molar-refractivity contribution in [2.75, 3.05) is 0 Å². The molecule has 11 heavy (non-hydrogen) atoms. The Labute approximate surface area is 72.2 Å². The molecular formula is C10H10Cl. The number of rotatable bonds is 1. The molecule has 1 aromatic rings. The fourth-order valence-electron chi connectivity index (χ4n) is 1.37. The quantitative estimate of drug-likeness (QED) is 0.599. The monoisotopic (exact) mass is 165 g/mol. The zero-order valence-electron chi connectivity index (χ0n) is 6.26. The lowest BCUT2D eigenvalue weighted by molar-refractivity contribution is 1.01. The van der Waals surface area contributed by atoms with Gasteiger partial charge < -0.3 is 0 Å². The van der Waals surface area contributed by atoms with E-state index in [0.29, 0.717) is 11.8 Å². The number of benzene rings is 1. The van der Waals surface area contributed by atoms with Crippen molar-refractivity contribution >= 4 is 11.6 Å². The maximum Gasteiger partial charge on any atom is 0.0406 e. The van der Waals surface area contributed by atoms with Crippen molar-refractivity contribution in [3.05, 3.63) is 41.8 Å². The molecule has 1 heteroatoms. The van der Waals surface area contributed by atoms with Gasteiger partial charge in [0.15, 0.2) is 0 Å². The van der Waals surface area contributed by atoms with E-state index in [1.807, 2.05) is 12.1 Å². The zero-order valence-corrected chi connectivity index (χ0v) is 7.01. The van der Waals surface area contributed by atoms with Gasteiger partial charge in [0.05, 0.1) is 0 Å². The molecule has 57 valence electrons. The van der Waals surface area contributed by atoms with Crippen LogP contribution >= 0.6 is 11.6 Å². The first-order chi connectivity index (χ1) is 5.27. The normalized spacial score (nSPS) is 28.5. The largest absolute Gasteiger partial charge is 0.0843 e. The highest BCUT2D eigenvalue weighted by molar-refractivity contribution is 6.30. The van der Waals surface area contributed by atoms with Crippen LogP contribution < -0.4 is 0 Å². The number of hydrogen-bond acceptors (Lipinski definition) is 0. The average Bonchev–Trinajstić information content (AvgIpc) is 2.69. The molecule has 2 rings (SSSR count). The Morgan fingerprint density at radius 1 is 1.27 bits per heavy atom. The Balaban J connectivity index is 2.21. The Bertz CT molecular complexity index is 250. The molecule has 1 aliphatic rings. The highest BCUT2D eigenvalue weighted by Crippen LogP contribution is 2.46. The van der Waals surface area contributed by atoms with E-state index < -0.39 is 0 Å². The fourth-order valence-corrected chi connectivity index (χ4v) is 1.49. The first kappa shape index (κ1) is 7.17. The minimum Gasteiger partial charge on any atom is -0.0843 e. The van der Waals surface area contributed by atoms with E-state index in [1.165, 1.54) is 12.0 Å². The summed E-state index contributed by atoms with van der Waals surface area (Å²) in [5.41, 5.74) is 1.38. The summed E-state index contributed by atoms with van der Waals surface area (Å²) >= 11 is 5.76. The highest BCUT2D eigenvalue weighted by atomic mass is 35.5. The SMILES string of the molecule is [CH2]C1CC1c1ccc(Cl)cc1. The van der Waals surface area contributed by atoms with E-state index in [9.17, 15) is 0 Å². The maximum absolute atomic E-state index is 5.76. The Morgan fingerprint density at radius 3 is 2.27 bits per heavy atom. The first-order valence-electron chi connectivity index (χ1n) is 3.86. The highest BCUT2D eigenvalue weighted by Gasteiger charge is 2.33. The van der Waals surface area contributed by atoms with Gasteiger partial charge in [0.25, 0.3) is 0 Å². The third kappa shape index (κ3) is 1.41. The van der Waals surface area contributed by atoms with Gasteiger partial charge in [-0.2, -0.15) is 0 Å². The van der Waals surface area contributed by atoms with Crippen molar-refractivity contribution < 1.29 is 0 Å². The van der Waals surface area contributed by atoms with Crippen LogP contribution in [0.3, 0.4) is 0 Å². The molecule has 0 heterocycles. The van der Waals surface area contributed by atoms with E-state index in [2.05, 4.69) is 19.1 Å². The topological polar surface area (TPSA) is 0 Å². The average molecular weight is 166 g/mol. The Kier molecular flexibility index (Phi) is 1.65. The van der Waals surface area contributed by atoms with Gasteiger partial charge in [0.2, 0.25) is 0 Å². The second kappa shape index (κ2) is 2.53. The Hall–Kier alpha value is -0.490. The number of hydrogen-bond donors (Lipinski definition) is 0. The molecule has 0 N–H and O–H groups in total. The molecule has 0 saturated heterocycles. The third-order valence-electron chi connectivity index (χ3n) is 2.22. The minimum atomic E-state index is 0.635. The van der Waals surface area contributed by atoms with Crippen molar-refractivity contribution in [3.63, 3.8) is 0 Å². The summed E-state index contributed by atoms with van der Waals surface area (Å²) in [6, 6.07) is 8.08. The van der Waals surface area contributed by atoms with Gasteiger partial charge in [0, 0.05) is 5.02 Å². The van der Waals surface area contributed by atoms with Crippen molar-refractivity contribution in [2.24, 2.45) is 5.92 Å². The lowest BCUT2D eigenvalue weighted by Gasteiger charge is -1.96. The lowest BCUT2D eigenvalue weighted by atomic mass is 10.1. The van der Waals surface area contributed by atoms with E-state index in [-0.39, 0.29) is 0 Å². The van der Waals surface area contributed by atoms with Gasteiger partial charge in [-0.05, 0) is 42.9 Å². The maximum atomic E-state index is 5.76. The first-order valence-corrected chi connectivity index (χ1v) is 4.24. The molecule has 1 aliphatic carbocycles. The molecule has 1 aromatic carbocycles. The minimum absolute atomic E-state index is 0.635. The van der Waals surface area contributed by atoms with Crippen molar-refractivity contribution in [3.8, 4) is 0 Å². The van der Waals surface area contributed by atoms with Gasteiger partial charge in [-0.3, -0.25) is 0 Å². The molecule has 0 amide bonds. The van der Waals surface area contributed by atoms with Crippen LogP contribution in [0.4, 0.5) is 0 Å². The molecular weight excluding hydrogens is 156 g/mol. The summed E-state index contributed by atoms with van der Waals surface area (Å²) in [6.07, 6.45) is 1.24. The van der Waals surface area contributed by atoms with E-state index in [0.717, 1.165) is 5.02 Å². The second-order valence-electron chi connectivity index (χ2n) is 3.15. The van der Waals surface area contributed by atoms with Crippen LogP contribution in [0.15, 0.2) is 24.3 Å². The van der Waals surface area contributed by atoms with Crippen molar-refractivity contribution in [1.29, 1.82) is 0 Å². The Morgan fingerprint density at radius 2 is 1.82 bits per heavy atom. The van der Waals surface area contributed by atoms with Gasteiger partial charge in [-0.15, -0.1) is 0 Å². The molecule has 1 radical (unpaired) electrons. The fraction of sp³-hybridized carbons (Fsp3) is 0.300. The van der Waals surface area contributed by atoms with Crippen molar-refractivity contribution in [2.45, 2.75) is 12.3 Å². The molecule has 0 spiro atoms. The summed E-state index contributed by atoms with van der Waals surface area (Å²) in [6.45, 7) is 4.00. The predicted molar refractivity (Wildman–Crippen MR) is 47.7 cm³/mol. The van der Waals surface area contributed by atoms with Crippen LogP contribution in [0.5, 0.6) is 0 Å². The van der Waals surface area contributed by atoms with E-state index in [4.69, 9.17) is 11.6 Å². The van der Waals surface area contributed by atoms with Crippen LogP contribution in [0.1, 0.15) is 17.9 Å². The number of halogens is 1. The molecule has 0 aromatic heterocycles.